The topological polar surface area (TPSA) is 114 Å². The van der Waals surface area contributed by atoms with Crippen LogP contribution in [0.25, 0.3) is 11.1 Å². The van der Waals surface area contributed by atoms with Crippen LogP contribution in [0.5, 0.6) is 11.5 Å². The molecule has 0 bridgehead atoms. The lowest BCUT2D eigenvalue weighted by Crippen LogP contribution is -2.38. The molecule has 0 radical (unpaired) electrons. The van der Waals surface area contributed by atoms with Crippen LogP contribution >= 0.6 is 0 Å². The van der Waals surface area contributed by atoms with E-state index < -0.39 is 29.7 Å². The molecule has 2 aromatic heterocycles. The highest BCUT2D eigenvalue weighted by Crippen LogP contribution is 2.49. The molecule has 0 aliphatic carbocycles. The predicted octanol–water partition coefficient (Wildman–Crippen LogP) is 5.07. The highest BCUT2D eigenvalue weighted by Gasteiger charge is 2.36. The molecule has 10 heteroatoms. The summed E-state index contributed by atoms with van der Waals surface area (Å²) in [5, 5.41) is 7.68. The van der Waals surface area contributed by atoms with Gasteiger partial charge in [0, 0.05) is 60.5 Å². The molecule has 1 fully saturated rings. The number of hydrogen-bond donors (Lipinski definition) is 2. The number of carbonyl (C=O) groups is 1. The number of hydrogen-bond acceptors (Lipinski definition) is 6. The number of aromatic nitrogens is 2. The average Bonchev–Trinajstić information content (AvgIpc) is 2.87. The van der Waals surface area contributed by atoms with Crippen LogP contribution in [0.15, 0.2) is 42.6 Å². The second-order valence-corrected chi connectivity index (χ2v) is 10.3. The van der Waals surface area contributed by atoms with Crippen LogP contribution in [0.3, 0.4) is 0 Å². The lowest BCUT2D eigenvalue weighted by molar-refractivity contribution is -0.126. The van der Waals surface area contributed by atoms with Gasteiger partial charge in [-0.15, -0.1) is 0 Å². The van der Waals surface area contributed by atoms with Crippen molar-refractivity contribution < 1.29 is 23.0 Å². The first-order chi connectivity index (χ1) is 18.0. The van der Waals surface area contributed by atoms with E-state index in [1.54, 1.807) is 36.4 Å². The van der Waals surface area contributed by atoms with Gasteiger partial charge in [0.25, 0.3) is 5.95 Å². The molecule has 3 aromatic rings. The fraction of sp³-hybridized carbons (Fsp3) is 0.357. The molecule has 198 valence electrons. The minimum absolute atomic E-state index is 0.0352. The molecule has 3 N–H and O–H groups in total. The maximum atomic E-state index is 15.5. The lowest BCUT2D eigenvalue weighted by Gasteiger charge is -2.36. The molecular weight excluding hydrogens is 492 g/mol. The fourth-order valence-corrected chi connectivity index (χ4v) is 5.22. The van der Waals surface area contributed by atoms with E-state index in [1.807, 2.05) is 13.8 Å². The fourth-order valence-electron chi connectivity index (χ4n) is 5.22. The smallest absolute Gasteiger partial charge is 0.256 e. The van der Waals surface area contributed by atoms with Gasteiger partial charge in [-0.25, -0.2) is 9.97 Å². The number of benzene rings is 1. The number of guanidine groups is 1. The second kappa shape index (κ2) is 9.75. The molecule has 1 amide bonds. The number of amides is 1. The van der Waals surface area contributed by atoms with E-state index in [4.69, 9.17) is 20.6 Å². The zero-order valence-corrected chi connectivity index (χ0v) is 21.4. The number of carbonyl (C=O) groups excluding carboxylic acids is 1. The van der Waals surface area contributed by atoms with Crippen molar-refractivity contribution in [1.82, 2.24) is 14.9 Å². The number of pyridine rings is 2. The Morgan fingerprint density at radius 3 is 2.71 bits per heavy atom. The zero-order valence-electron chi connectivity index (χ0n) is 21.4. The van der Waals surface area contributed by atoms with E-state index in [9.17, 15) is 9.18 Å². The molecule has 2 atom stereocenters. The van der Waals surface area contributed by atoms with E-state index in [0.717, 1.165) is 4.90 Å². The van der Waals surface area contributed by atoms with Crippen molar-refractivity contribution in [2.45, 2.75) is 50.5 Å². The summed E-state index contributed by atoms with van der Waals surface area (Å²) in [6, 6.07) is 10.1. The molecule has 4 heterocycles. The van der Waals surface area contributed by atoms with Gasteiger partial charge in [0.2, 0.25) is 11.9 Å². The maximum Gasteiger partial charge on any atom is 0.256 e. The minimum Gasteiger partial charge on any atom is -0.452 e. The molecule has 2 aliphatic heterocycles. The Labute approximate surface area is 219 Å². The first-order valence-corrected chi connectivity index (χ1v) is 12.4. The third-order valence-corrected chi connectivity index (χ3v) is 7.25. The Morgan fingerprint density at radius 2 is 2.00 bits per heavy atom. The first kappa shape index (κ1) is 25.7. The van der Waals surface area contributed by atoms with Crippen LogP contribution in [0.1, 0.15) is 61.8 Å². The Morgan fingerprint density at radius 1 is 1.21 bits per heavy atom. The summed E-state index contributed by atoms with van der Waals surface area (Å²) < 4.78 is 41.8. The summed E-state index contributed by atoms with van der Waals surface area (Å²) in [5.74, 6) is -2.60. The van der Waals surface area contributed by atoms with Gasteiger partial charge in [0.1, 0.15) is 5.75 Å². The molecule has 5 rings (SSSR count). The molecule has 38 heavy (non-hydrogen) atoms. The third-order valence-electron chi connectivity index (χ3n) is 7.25. The Hall–Kier alpha value is -3.92. The van der Waals surface area contributed by atoms with Gasteiger partial charge in [0.15, 0.2) is 11.7 Å². The van der Waals surface area contributed by atoms with Crippen molar-refractivity contribution in [2.75, 3.05) is 13.7 Å². The van der Waals surface area contributed by atoms with E-state index >= 15 is 4.39 Å². The summed E-state index contributed by atoms with van der Waals surface area (Å²) in [7, 11) is 1.41. The van der Waals surface area contributed by atoms with Crippen molar-refractivity contribution in [3.8, 4) is 22.6 Å². The van der Waals surface area contributed by atoms with Gasteiger partial charge >= 0.3 is 0 Å². The van der Waals surface area contributed by atoms with Gasteiger partial charge < -0.3 is 15.2 Å². The predicted molar refractivity (Wildman–Crippen MR) is 137 cm³/mol. The van der Waals surface area contributed by atoms with Crippen molar-refractivity contribution in [3.63, 3.8) is 0 Å². The van der Waals surface area contributed by atoms with Crippen LogP contribution in [0.2, 0.25) is 0 Å². The third kappa shape index (κ3) is 4.83. The zero-order chi connectivity index (χ0) is 27.2. The van der Waals surface area contributed by atoms with E-state index in [1.165, 1.54) is 13.2 Å². The molecule has 2 aliphatic rings. The number of nitrogens with one attached hydrogen (secondary N) is 1. The molecule has 2 unspecified atom stereocenters. The Bertz CT molecular complexity index is 1430. The number of rotatable bonds is 4. The van der Waals surface area contributed by atoms with E-state index in [-0.39, 0.29) is 29.3 Å². The summed E-state index contributed by atoms with van der Waals surface area (Å²) in [5.41, 5.74) is 7.64. The normalized spacial score (nSPS) is 19.6. The number of ether oxygens (including phenoxy) is 2. The molecule has 0 spiro atoms. The second-order valence-electron chi connectivity index (χ2n) is 10.3. The molecule has 0 saturated carbocycles. The maximum absolute atomic E-state index is 15.5. The molecular formula is C28H29F2N5O3. The van der Waals surface area contributed by atoms with E-state index in [2.05, 4.69) is 9.97 Å². The van der Waals surface area contributed by atoms with Gasteiger partial charge in [-0.1, -0.05) is 6.07 Å². The Kier molecular flexibility index (Phi) is 6.60. The van der Waals surface area contributed by atoms with Gasteiger partial charge in [-0.3, -0.25) is 15.1 Å². The van der Waals surface area contributed by atoms with Crippen molar-refractivity contribution >= 4 is 11.9 Å². The molecule has 1 aromatic carbocycles. The number of fused-ring (bicyclic) bond motifs is 2. The summed E-state index contributed by atoms with van der Waals surface area (Å²) in [4.78, 5) is 22.1. The largest absolute Gasteiger partial charge is 0.452 e. The van der Waals surface area contributed by atoms with Gasteiger partial charge in [-0.05, 0) is 62.6 Å². The standard InChI is InChI=1S/C28H29F2N5O3/c1-28(2)14-16(8-10-37-28)21-12-20-18(13-23(36)35(3)27(31)32)19-11-15(17-5-4-9-33-25(17)29)6-7-22(19)38-24(20)26(30)34-21/h4-7,9,11-12,16,18H,8,10,13-14H2,1-3H3,(H3,31,32). The minimum atomic E-state index is -0.757. The summed E-state index contributed by atoms with van der Waals surface area (Å²) >= 11 is 0. The van der Waals surface area contributed by atoms with Crippen LogP contribution in [0, 0.1) is 17.3 Å². The van der Waals surface area contributed by atoms with Crippen molar-refractivity contribution in [2.24, 2.45) is 5.73 Å². The van der Waals surface area contributed by atoms with Crippen LogP contribution in [0.4, 0.5) is 8.78 Å². The number of halogens is 2. The van der Waals surface area contributed by atoms with Gasteiger partial charge in [0.05, 0.1) is 5.60 Å². The van der Waals surface area contributed by atoms with Crippen molar-refractivity contribution in [1.29, 1.82) is 5.41 Å². The van der Waals surface area contributed by atoms with Crippen LogP contribution in [-0.2, 0) is 9.53 Å². The van der Waals surface area contributed by atoms with Crippen LogP contribution in [-0.4, -0.2) is 46.0 Å². The highest BCUT2D eigenvalue weighted by atomic mass is 19.1. The SMILES string of the molecule is CN(C(=N)N)C(=O)CC1c2cc(-c3cccnc3F)ccc2Oc2c1cc(C1CCOC(C)(C)C1)nc2F. The lowest BCUT2D eigenvalue weighted by atomic mass is 9.81. The molecule has 1 saturated heterocycles. The average molecular weight is 522 g/mol. The monoisotopic (exact) mass is 521 g/mol. The summed E-state index contributed by atoms with van der Waals surface area (Å²) in [6.45, 7) is 4.51. The first-order valence-electron chi connectivity index (χ1n) is 12.4. The summed E-state index contributed by atoms with van der Waals surface area (Å²) in [6.07, 6.45) is 2.61. The number of nitrogens with zero attached hydrogens (tertiary/aromatic N) is 3. The van der Waals surface area contributed by atoms with Gasteiger partial charge in [-0.2, -0.15) is 8.78 Å². The Balaban J connectivity index is 1.63. The highest BCUT2D eigenvalue weighted by molar-refractivity contribution is 5.95. The van der Waals surface area contributed by atoms with E-state index in [0.29, 0.717) is 47.6 Å². The van der Waals surface area contributed by atoms with Crippen molar-refractivity contribution in [3.05, 3.63) is 71.3 Å². The quantitative estimate of drug-likeness (QED) is 0.281. The van der Waals surface area contributed by atoms with Crippen LogP contribution < -0.4 is 10.5 Å². The molecule has 8 nitrogen and oxygen atoms in total. The number of nitrogens with two attached hydrogens (primary N) is 1.